The van der Waals surface area contributed by atoms with Crippen LogP contribution in [0, 0.1) is 5.92 Å². The zero-order valence-corrected chi connectivity index (χ0v) is 19.8. The number of likely N-dealkylation sites (tertiary alicyclic amines) is 1. The molecule has 3 aliphatic rings. The highest BCUT2D eigenvalue weighted by Crippen LogP contribution is 2.48. The van der Waals surface area contributed by atoms with Crippen molar-refractivity contribution in [2.24, 2.45) is 5.92 Å². The number of benzene rings is 2. The lowest BCUT2D eigenvalue weighted by Gasteiger charge is -2.37. The SMILES string of the molecule is CC1=C(C2=CCC(F)(F)CC2)C(c2ccc(OCCN3CC(CF)C3)cc2)Oc2ccc(O)cc21. The molecule has 1 atom stereocenters. The topological polar surface area (TPSA) is 41.9 Å². The van der Waals surface area contributed by atoms with Gasteiger partial charge in [0.05, 0.1) is 6.67 Å². The number of aromatic hydroxyl groups is 1. The summed E-state index contributed by atoms with van der Waals surface area (Å²) in [5.74, 6) is -1.00. The molecule has 2 aromatic rings. The molecule has 5 rings (SSSR count). The molecule has 0 spiro atoms. The highest BCUT2D eigenvalue weighted by molar-refractivity contribution is 5.79. The van der Waals surface area contributed by atoms with Gasteiger partial charge in [-0.3, -0.25) is 9.29 Å². The Balaban J connectivity index is 1.36. The molecule has 2 aromatic carbocycles. The zero-order valence-electron chi connectivity index (χ0n) is 19.8. The molecule has 0 saturated carbocycles. The molecule has 35 heavy (non-hydrogen) atoms. The third-order valence-electron chi connectivity index (χ3n) is 7.14. The van der Waals surface area contributed by atoms with Crippen LogP contribution < -0.4 is 9.47 Å². The molecule has 2 heterocycles. The van der Waals surface area contributed by atoms with E-state index < -0.39 is 12.0 Å². The van der Waals surface area contributed by atoms with Gasteiger partial charge in [-0.05, 0) is 60.4 Å². The van der Waals surface area contributed by atoms with Crippen molar-refractivity contribution in [2.45, 2.75) is 38.2 Å². The molecule has 0 amide bonds. The van der Waals surface area contributed by atoms with Crippen molar-refractivity contribution in [1.29, 1.82) is 0 Å². The van der Waals surface area contributed by atoms with E-state index in [1.165, 1.54) is 0 Å². The van der Waals surface area contributed by atoms with E-state index in [9.17, 15) is 18.3 Å². The van der Waals surface area contributed by atoms with E-state index in [2.05, 4.69) is 4.90 Å². The maximum absolute atomic E-state index is 13.9. The Morgan fingerprint density at radius 2 is 1.91 bits per heavy atom. The van der Waals surface area contributed by atoms with E-state index >= 15 is 0 Å². The Hall–Kier alpha value is -2.93. The van der Waals surface area contributed by atoms with Crippen LogP contribution in [0.3, 0.4) is 0 Å². The van der Waals surface area contributed by atoms with E-state index in [-0.39, 0.29) is 37.6 Å². The molecule has 1 unspecified atom stereocenters. The van der Waals surface area contributed by atoms with Crippen LogP contribution in [-0.4, -0.2) is 48.8 Å². The van der Waals surface area contributed by atoms with Crippen molar-refractivity contribution in [3.63, 3.8) is 0 Å². The van der Waals surface area contributed by atoms with Crippen molar-refractivity contribution in [3.05, 3.63) is 70.8 Å². The Kier molecular flexibility index (Phi) is 6.53. The van der Waals surface area contributed by atoms with Crippen molar-refractivity contribution in [2.75, 3.05) is 32.9 Å². The molecule has 0 radical (unpaired) electrons. The smallest absolute Gasteiger partial charge is 0.251 e. The van der Waals surface area contributed by atoms with Gasteiger partial charge in [-0.2, -0.15) is 0 Å². The molecule has 1 aliphatic carbocycles. The van der Waals surface area contributed by atoms with Gasteiger partial charge in [-0.15, -0.1) is 0 Å². The summed E-state index contributed by atoms with van der Waals surface area (Å²) in [7, 11) is 0. The van der Waals surface area contributed by atoms with E-state index in [0.29, 0.717) is 12.4 Å². The monoisotopic (exact) mass is 485 g/mol. The number of ether oxygens (including phenoxy) is 2. The maximum Gasteiger partial charge on any atom is 0.251 e. The van der Waals surface area contributed by atoms with E-state index in [4.69, 9.17) is 9.47 Å². The zero-order chi connectivity index (χ0) is 24.6. The van der Waals surface area contributed by atoms with Crippen LogP contribution in [-0.2, 0) is 0 Å². The molecule has 7 heteroatoms. The van der Waals surface area contributed by atoms with E-state index in [1.807, 2.05) is 31.2 Å². The van der Waals surface area contributed by atoms with Gasteiger partial charge in [-0.1, -0.05) is 18.2 Å². The first kappa shape index (κ1) is 23.8. The number of nitrogens with zero attached hydrogens (tertiary/aromatic N) is 1. The summed E-state index contributed by atoms with van der Waals surface area (Å²) in [6.45, 7) is 4.56. The average molecular weight is 486 g/mol. The van der Waals surface area contributed by atoms with Gasteiger partial charge in [0.25, 0.3) is 5.92 Å². The highest BCUT2D eigenvalue weighted by Gasteiger charge is 2.36. The molecule has 1 N–H and O–H groups in total. The molecule has 4 nitrogen and oxygen atoms in total. The summed E-state index contributed by atoms with van der Waals surface area (Å²) in [5.41, 5.74) is 4.35. The number of allylic oxidation sites excluding steroid dienone is 2. The fourth-order valence-electron chi connectivity index (χ4n) is 5.11. The second kappa shape index (κ2) is 9.61. The summed E-state index contributed by atoms with van der Waals surface area (Å²) in [4.78, 5) is 2.17. The predicted octanol–water partition coefficient (Wildman–Crippen LogP) is 6.33. The normalized spacial score (nSPS) is 22.2. The minimum Gasteiger partial charge on any atom is -0.508 e. The highest BCUT2D eigenvalue weighted by atomic mass is 19.3. The molecular weight excluding hydrogens is 455 g/mol. The van der Waals surface area contributed by atoms with Gasteiger partial charge < -0.3 is 14.6 Å². The summed E-state index contributed by atoms with van der Waals surface area (Å²) in [6.07, 6.45) is 0.986. The summed E-state index contributed by atoms with van der Waals surface area (Å²) < 4.78 is 52.5. The Bertz CT molecular complexity index is 1140. The number of phenols is 1. The lowest BCUT2D eigenvalue weighted by molar-refractivity contribution is -0.00861. The maximum atomic E-state index is 13.9. The van der Waals surface area contributed by atoms with Gasteiger partial charge in [0, 0.05) is 49.5 Å². The minimum atomic E-state index is -2.68. The minimum absolute atomic E-state index is 0.133. The second-order valence-electron chi connectivity index (χ2n) is 9.70. The molecule has 0 aromatic heterocycles. The lowest BCUT2D eigenvalue weighted by atomic mass is 9.81. The van der Waals surface area contributed by atoms with Crippen LogP contribution in [0.2, 0.25) is 0 Å². The van der Waals surface area contributed by atoms with Gasteiger partial charge in [-0.25, -0.2) is 8.78 Å². The van der Waals surface area contributed by atoms with Crippen LogP contribution in [0.4, 0.5) is 13.2 Å². The number of rotatable bonds is 7. The Morgan fingerprint density at radius 1 is 1.14 bits per heavy atom. The molecule has 1 saturated heterocycles. The summed E-state index contributed by atoms with van der Waals surface area (Å²) in [5, 5.41) is 10.0. The largest absolute Gasteiger partial charge is 0.508 e. The number of alkyl halides is 3. The van der Waals surface area contributed by atoms with Gasteiger partial charge in [0.15, 0.2) is 0 Å². The number of halogens is 3. The first-order chi connectivity index (χ1) is 16.8. The van der Waals surface area contributed by atoms with Crippen LogP contribution >= 0.6 is 0 Å². The molecule has 0 bridgehead atoms. The Morgan fingerprint density at radius 3 is 2.60 bits per heavy atom. The van der Waals surface area contributed by atoms with E-state index in [1.54, 1.807) is 24.3 Å². The quantitative estimate of drug-likeness (QED) is 0.498. The fraction of sp³-hybridized carbons (Fsp3) is 0.429. The first-order valence-electron chi connectivity index (χ1n) is 12.1. The lowest BCUT2D eigenvalue weighted by Crippen LogP contribution is -2.49. The third-order valence-corrected chi connectivity index (χ3v) is 7.14. The van der Waals surface area contributed by atoms with Gasteiger partial charge >= 0.3 is 0 Å². The molecular formula is C28H30F3NO3. The molecule has 1 fully saturated rings. The van der Waals surface area contributed by atoms with Crippen LogP contribution in [0.15, 0.2) is 59.7 Å². The second-order valence-corrected chi connectivity index (χ2v) is 9.70. The predicted molar refractivity (Wildman–Crippen MR) is 129 cm³/mol. The third kappa shape index (κ3) is 5.06. The van der Waals surface area contributed by atoms with Crippen LogP contribution in [0.5, 0.6) is 17.2 Å². The Labute approximate surface area is 203 Å². The number of hydrogen-bond acceptors (Lipinski definition) is 4. The van der Waals surface area contributed by atoms with Crippen molar-refractivity contribution < 1.29 is 27.8 Å². The van der Waals surface area contributed by atoms with Gasteiger partial charge in [0.1, 0.15) is 30.0 Å². The molecule has 2 aliphatic heterocycles. The van der Waals surface area contributed by atoms with Crippen molar-refractivity contribution in [1.82, 2.24) is 4.90 Å². The standard InChI is InChI=1S/C28H30F3NO3/c1-18-24-14-22(33)4-7-25(24)35-27(26(18)20-8-10-28(30,31)11-9-20)21-2-5-23(6-3-21)34-13-12-32-16-19(15-29)17-32/h2-8,14,19,27,33H,9-13,15-17H2,1H3. The summed E-state index contributed by atoms with van der Waals surface area (Å²) >= 11 is 0. The number of fused-ring (bicyclic) bond motifs is 1. The molecule has 186 valence electrons. The van der Waals surface area contributed by atoms with Gasteiger partial charge in [0.2, 0.25) is 0 Å². The van der Waals surface area contributed by atoms with Crippen molar-refractivity contribution in [3.8, 4) is 17.2 Å². The van der Waals surface area contributed by atoms with Crippen LogP contribution in [0.1, 0.15) is 43.4 Å². The number of hydrogen-bond donors (Lipinski definition) is 1. The van der Waals surface area contributed by atoms with E-state index in [0.717, 1.165) is 53.2 Å². The average Bonchev–Trinajstić information content (AvgIpc) is 2.82. The van der Waals surface area contributed by atoms with Crippen LogP contribution in [0.25, 0.3) is 5.57 Å². The number of phenolic OH excluding ortho intramolecular Hbond substituents is 1. The fourth-order valence-corrected chi connectivity index (χ4v) is 5.11. The summed E-state index contributed by atoms with van der Waals surface area (Å²) in [6, 6.07) is 12.6. The van der Waals surface area contributed by atoms with Crippen molar-refractivity contribution >= 4 is 5.57 Å². The first-order valence-corrected chi connectivity index (χ1v) is 12.1.